The number of sulfonamides is 1. The molecule has 0 atom stereocenters. The van der Waals surface area contributed by atoms with E-state index in [2.05, 4.69) is 35.9 Å². The van der Waals surface area contributed by atoms with Crippen LogP contribution in [0, 0.1) is 6.92 Å². The number of hydrogen-bond acceptors (Lipinski definition) is 4. The minimum absolute atomic E-state index is 0.375. The number of thiazole rings is 1. The van der Waals surface area contributed by atoms with Crippen LogP contribution in [-0.4, -0.2) is 30.4 Å². The minimum Gasteiger partial charge on any atom is -0.316 e. The molecule has 3 aromatic rings. The summed E-state index contributed by atoms with van der Waals surface area (Å²) in [4.78, 5) is 6.17. The molecule has 1 aliphatic rings. The molecule has 0 bridgehead atoms. The van der Waals surface area contributed by atoms with Crippen LogP contribution in [0.5, 0.6) is 0 Å². The molecule has 1 saturated heterocycles. The van der Waals surface area contributed by atoms with Gasteiger partial charge >= 0.3 is 0 Å². The largest absolute Gasteiger partial charge is 0.316 e. The third-order valence-corrected chi connectivity index (χ3v) is 8.38. The molecule has 31 heavy (non-hydrogen) atoms. The molecule has 0 N–H and O–H groups in total. The van der Waals surface area contributed by atoms with Gasteiger partial charge in [0.1, 0.15) is 0 Å². The van der Waals surface area contributed by atoms with Crippen molar-refractivity contribution < 1.29 is 8.42 Å². The Labute approximate surface area is 188 Å². The van der Waals surface area contributed by atoms with Crippen LogP contribution in [0.1, 0.15) is 38.2 Å². The lowest BCUT2D eigenvalue weighted by Gasteiger charge is -2.25. The van der Waals surface area contributed by atoms with Gasteiger partial charge in [-0.25, -0.2) is 13.4 Å². The van der Waals surface area contributed by atoms with Crippen LogP contribution in [0.25, 0.3) is 11.3 Å². The van der Waals surface area contributed by atoms with E-state index in [-0.39, 0.29) is 0 Å². The van der Waals surface area contributed by atoms with Crippen LogP contribution < -0.4 is 4.80 Å². The molecule has 0 amide bonds. The molecule has 0 aliphatic carbocycles. The van der Waals surface area contributed by atoms with Crippen molar-refractivity contribution in [2.45, 2.75) is 51.0 Å². The number of aromatic nitrogens is 1. The fourth-order valence-corrected chi connectivity index (χ4v) is 6.34. The van der Waals surface area contributed by atoms with E-state index in [1.165, 1.54) is 5.56 Å². The molecule has 0 radical (unpaired) electrons. The van der Waals surface area contributed by atoms with E-state index in [9.17, 15) is 8.42 Å². The molecule has 4 rings (SSSR count). The van der Waals surface area contributed by atoms with E-state index < -0.39 is 10.0 Å². The van der Waals surface area contributed by atoms with Crippen molar-refractivity contribution in [1.82, 2.24) is 8.87 Å². The fourth-order valence-electron chi connectivity index (χ4n) is 3.87. The van der Waals surface area contributed by atoms with Gasteiger partial charge in [0.2, 0.25) is 10.0 Å². The lowest BCUT2D eigenvalue weighted by molar-refractivity contribution is 0.346. The molecule has 0 saturated carbocycles. The lowest BCUT2D eigenvalue weighted by atomic mass is 10.2. The van der Waals surface area contributed by atoms with Gasteiger partial charge in [-0.05, 0) is 56.0 Å². The molecule has 1 aliphatic heterocycles. The van der Waals surface area contributed by atoms with Crippen molar-refractivity contribution in [1.29, 1.82) is 0 Å². The van der Waals surface area contributed by atoms with Crippen LogP contribution in [0.4, 0.5) is 5.69 Å². The van der Waals surface area contributed by atoms with Gasteiger partial charge in [0.15, 0.2) is 4.80 Å². The van der Waals surface area contributed by atoms with Gasteiger partial charge in [-0.3, -0.25) is 0 Å². The predicted octanol–water partition coefficient (Wildman–Crippen LogP) is 5.34. The predicted molar refractivity (Wildman–Crippen MR) is 127 cm³/mol. The summed E-state index contributed by atoms with van der Waals surface area (Å²) in [5.41, 5.74) is 4.23. The van der Waals surface area contributed by atoms with Gasteiger partial charge in [-0.2, -0.15) is 4.31 Å². The monoisotopic (exact) mass is 455 g/mol. The zero-order valence-corrected chi connectivity index (χ0v) is 19.8. The summed E-state index contributed by atoms with van der Waals surface area (Å²) < 4.78 is 29.7. The summed E-state index contributed by atoms with van der Waals surface area (Å²) in [7, 11) is -3.41. The molecule has 5 nitrogen and oxygen atoms in total. The van der Waals surface area contributed by atoms with Gasteiger partial charge in [0.05, 0.1) is 16.3 Å². The number of hydrogen-bond donors (Lipinski definition) is 0. The average Bonchev–Trinajstić information content (AvgIpc) is 3.18. The zero-order valence-electron chi connectivity index (χ0n) is 18.1. The first-order valence-corrected chi connectivity index (χ1v) is 13.2. The SMILES string of the molecule is CCCn1c(-c2ccc(S(=O)(=O)N3CCCCC3)cc2)csc1=Nc1ccc(C)cc1. The molecular weight excluding hydrogens is 426 g/mol. The molecule has 1 aromatic heterocycles. The molecule has 0 spiro atoms. The van der Waals surface area contributed by atoms with E-state index in [1.54, 1.807) is 27.8 Å². The van der Waals surface area contributed by atoms with E-state index >= 15 is 0 Å². The Morgan fingerprint density at radius 1 is 0.968 bits per heavy atom. The van der Waals surface area contributed by atoms with E-state index in [0.29, 0.717) is 18.0 Å². The van der Waals surface area contributed by atoms with Crippen molar-refractivity contribution in [3.63, 3.8) is 0 Å². The van der Waals surface area contributed by atoms with E-state index in [1.807, 2.05) is 24.3 Å². The molecular formula is C24H29N3O2S2. The van der Waals surface area contributed by atoms with Crippen LogP contribution in [0.3, 0.4) is 0 Å². The Balaban J connectivity index is 1.66. The van der Waals surface area contributed by atoms with Crippen LogP contribution >= 0.6 is 11.3 Å². The Hall–Kier alpha value is -2.22. The van der Waals surface area contributed by atoms with Crippen molar-refractivity contribution in [3.8, 4) is 11.3 Å². The molecule has 2 heterocycles. The first kappa shape index (κ1) is 22.0. The molecule has 0 unspecified atom stereocenters. The third kappa shape index (κ3) is 4.84. The second kappa shape index (κ2) is 9.51. The zero-order chi connectivity index (χ0) is 21.8. The highest BCUT2D eigenvalue weighted by Crippen LogP contribution is 2.26. The van der Waals surface area contributed by atoms with E-state index in [4.69, 9.17) is 4.99 Å². The van der Waals surface area contributed by atoms with Crippen molar-refractivity contribution in [3.05, 3.63) is 64.3 Å². The van der Waals surface area contributed by atoms with E-state index in [0.717, 1.165) is 54.0 Å². The minimum atomic E-state index is -3.41. The fraction of sp³-hybridized carbons (Fsp3) is 0.375. The number of benzene rings is 2. The summed E-state index contributed by atoms with van der Waals surface area (Å²) in [6.45, 7) is 6.32. The number of rotatable bonds is 6. The molecule has 2 aromatic carbocycles. The molecule has 1 fully saturated rings. The van der Waals surface area contributed by atoms with Gasteiger partial charge in [0, 0.05) is 25.0 Å². The quantitative estimate of drug-likeness (QED) is 0.504. The van der Waals surface area contributed by atoms with Gasteiger partial charge in [-0.1, -0.05) is 43.2 Å². The Bertz CT molecular complexity index is 1180. The van der Waals surface area contributed by atoms with Gasteiger partial charge < -0.3 is 4.57 Å². The summed E-state index contributed by atoms with van der Waals surface area (Å²) in [5, 5.41) is 2.11. The highest BCUT2D eigenvalue weighted by Gasteiger charge is 2.25. The van der Waals surface area contributed by atoms with Crippen molar-refractivity contribution in [2.75, 3.05) is 13.1 Å². The first-order chi connectivity index (χ1) is 15.0. The number of nitrogens with zero attached hydrogens (tertiary/aromatic N) is 3. The second-order valence-corrected chi connectivity index (χ2v) is 10.8. The molecule has 7 heteroatoms. The first-order valence-electron chi connectivity index (χ1n) is 10.9. The maximum Gasteiger partial charge on any atom is 0.243 e. The maximum absolute atomic E-state index is 12.9. The highest BCUT2D eigenvalue weighted by atomic mass is 32.2. The Morgan fingerprint density at radius 2 is 1.65 bits per heavy atom. The van der Waals surface area contributed by atoms with Crippen molar-refractivity contribution >= 4 is 27.0 Å². The van der Waals surface area contributed by atoms with Gasteiger partial charge in [-0.15, -0.1) is 11.3 Å². The number of aryl methyl sites for hydroxylation is 1. The van der Waals surface area contributed by atoms with Crippen LogP contribution in [0.2, 0.25) is 0 Å². The summed E-state index contributed by atoms with van der Waals surface area (Å²) in [6.07, 6.45) is 3.98. The summed E-state index contributed by atoms with van der Waals surface area (Å²) in [5.74, 6) is 0. The summed E-state index contributed by atoms with van der Waals surface area (Å²) in [6, 6.07) is 15.5. The normalized spacial score (nSPS) is 16.0. The number of piperidine rings is 1. The average molecular weight is 456 g/mol. The smallest absolute Gasteiger partial charge is 0.243 e. The third-order valence-electron chi connectivity index (χ3n) is 5.61. The topological polar surface area (TPSA) is 54.7 Å². The summed E-state index contributed by atoms with van der Waals surface area (Å²) >= 11 is 1.61. The second-order valence-electron chi connectivity index (χ2n) is 7.99. The standard InChI is InChI=1S/C24H29N3O2S2/c1-3-15-27-23(18-30-24(27)25-21-11-7-19(2)8-12-21)20-9-13-22(14-10-20)31(28,29)26-16-5-4-6-17-26/h7-14,18H,3-6,15-17H2,1-2H3. The maximum atomic E-state index is 12.9. The molecule has 164 valence electrons. The Morgan fingerprint density at radius 3 is 2.29 bits per heavy atom. The Kier molecular flexibility index (Phi) is 6.74. The van der Waals surface area contributed by atoms with Crippen LogP contribution in [0.15, 0.2) is 63.8 Å². The lowest BCUT2D eigenvalue weighted by Crippen LogP contribution is -2.35. The highest BCUT2D eigenvalue weighted by molar-refractivity contribution is 7.89. The van der Waals surface area contributed by atoms with Crippen molar-refractivity contribution in [2.24, 2.45) is 4.99 Å². The van der Waals surface area contributed by atoms with Crippen LogP contribution in [-0.2, 0) is 16.6 Å². The van der Waals surface area contributed by atoms with Gasteiger partial charge in [0.25, 0.3) is 0 Å².